The van der Waals surface area contributed by atoms with Gasteiger partial charge in [-0.05, 0) is 57.2 Å². The number of benzene rings is 2. The molecule has 0 aliphatic rings. The van der Waals surface area contributed by atoms with E-state index < -0.39 is 12.1 Å². The molecule has 0 radical (unpaired) electrons. The summed E-state index contributed by atoms with van der Waals surface area (Å²) in [5.41, 5.74) is 5.57. The van der Waals surface area contributed by atoms with Crippen LogP contribution in [0.1, 0.15) is 40.2 Å². The second kappa shape index (κ2) is 6.96. The number of fused-ring (bicyclic) bond motifs is 1. The Labute approximate surface area is 162 Å². The summed E-state index contributed by atoms with van der Waals surface area (Å²) in [6, 6.07) is 13.1. The standard InChI is InChI=1S/C22H21N3O3/c1-13-9-14(2)11-17(10-13)21-23-19-6-5-16(12-20(19)28-21)22(26)27-15(3)18-7-8-25(4)24-18/h5-12,15H,1-4H3. The highest BCUT2D eigenvalue weighted by molar-refractivity contribution is 5.93. The van der Waals surface area contributed by atoms with Crippen LogP contribution in [0.25, 0.3) is 22.6 Å². The molecular weight excluding hydrogens is 354 g/mol. The summed E-state index contributed by atoms with van der Waals surface area (Å²) < 4.78 is 13.1. The van der Waals surface area contributed by atoms with Crippen LogP contribution in [-0.4, -0.2) is 20.7 Å². The van der Waals surface area contributed by atoms with Gasteiger partial charge in [0, 0.05) is 18.8 Å². The van der Waals surface area contributed by atoms with Crippen molar-refractivity contribution in [1.29, 1.82) is 0 Å². The fourth-order valence-corrected chi connectivity index (χ4v) is 3.21. The van der Waals surface area contributed by atoms with Gasteiger partial charge in [-0.1, -0.05) is 17.2 Å². The van der Waals surface area contributed by atoms with E-state index in [0.717, 1.165) is 16.7 Å². The van der Waals surface area contributed by atoms with E-state index in [1.54, 1.807) is 29.8 Å². The van der Waals surface area contributed by atoms with Gasteiger partial charge in [-0.3, -0.25) is 4.68 Å². The molecule has 4 rings (SSSR count). The zero-order valence-electron chi connectivity index (χ0n) is 16.3. The molecule has 142 valence electrons. The van der Waals surface area contributed by atoms with E-state index in [-0.39, 0.29) is 0 Å². The van der Waals surface area contributed by atoms with E-state index in [4.69, 9.17) is 9.15 Å². The number of nitrogens with zero attached hydrogens (tertiary/aromatic N) is 3. The Balaban J connectivity index is 1.60. The SMILES string of the molecule is Cc1cc(C)cc(-c2nc3ccc(C(=O)OC(C)c4ccn(C)n4)cc3o2)c1. The third-order valence-corrected chi connectivity index (χ3v) is 4.53. The van der Waals surface area contributed by atoms with Crippen molar-refractivity contribution in [1.82, 2.24) is 14.8 Å². The second-order valence-electron chi connectivity index (χ2n) is 7.04. The minimum atomic E-state index is -0.440. The molecule has 28 heavy (non-hydrogen) atoms. The average Bonchev–Trinajstić information content (AvgIpc) is 3.26. The summed E-state index contributed by atoms with van der Waals surface area (Å²) in [5.74, 6) is 0.110. The van der Waals surface area contributed by atoms with Gasteiger partial charge < -0.3 is 9.15 Å². The Morgan fingerprint density at radius 1 is 1.11 bits per heavy atom. The number of aromatic nitrogens is 3. The van der Waals surface area contributed by atoms with Crippen LogP contribution in [0.2, 0.25) is 0 Å². The number of carbonyl (C=O) groups excluding carboxylic acids is 1. The van der Waals surface area contributed by atoms with Crippen LogP contribution in [0.5, 0.6) is 0 Å². The molecule has 0 spiro atoms. The Morgan fingerprint density at radius 3 is 2.54 bits per heavy atom. The fraction of sp³-hybridized carbons (Fsp3) is 0.227. The molecule has 1 unspecified atom stereocenters. The zero-order chi connectivity index (χ0) is 19.8. The van der Waals surface area contributed by atoms with Gasteiger partial charge in [0.1, 0.15) is 17.3 Å². The summed E-state index contributed by atoms with van der Waals surface area (Å²) in [6.45, 7) is 5.87. The summed E-state index contributed by atoms with van der Waals surface area (Å²) in [4.78, 5) is 17.1. The first-order valence-corrected chi connectivity index (χ1v) is 9.09. The third kappa shape index (κ3) is 3.53. The molecule has 0 aliphatic carbocycles. The Morgan fingerprint density at radius 2 is 1.86 bits per heavy atom. The molecule has 0 saturated carbocycles. The summed E-state index contributed by atoms with van der Waals surface area (Å²) in [6.07, 6.45) is 1.37. The monoisotopic (exact) mass is 375 g/mol. The van der Waals surface area contributed by atoms with Gasteiger partial charge in [-0.25, -0.2) is 9.78 Å². The van der Waals surface area contributed by atoms with E-state index >= 15 is 0 Å². The maximum Gasteiger partial charge on any atom is 0.338 e. The van der Waals surface area contributed by atoms with Crippen molar-refractivity contribution >= 4 is 17.1 Å². The number of esters is 1. The third-order valence-electron chi connectivity index (χ3n) is 4.53. The second-order valence-corrected chi connectivity index (χ2v) is 7.04. The number of hydrogen-bond acceptors (Lipinski definition) is 5. The molecular formula is C22H21N3O3. The molecule has 2 aromatic carbocycles. The Bertz CT molecular complexity index is 1150. The lowest BCUT2D eigenvalue weighted by atomic mass is 10.1. The van der Waals surface area contributed by atoms with Crippen molar-refractivity contribution in [3.63, 3.8) is 0 Å². The lowest BCUT2D eigenvalue weighted by Crippen LogP contribution is -2.10. The zero-order valence-corrected chi connectivity index (χ0v) is 16.3. The highest BCUT2D eigenvalue weighted by atomic mass is 16.5. The van der Waals surface area contributed by atoms with Crippen LogP contribution in [0.3, 0.4) is 0 Å². The molecule has 6 heteroatoms. The van der Waals surface area contributed by atoms with Crippen LogP contribution in [0, 0.1) is 13.8 Å². The smallest absolute Gasteiger partial charge is 0.338 e. The maximum atomic E-state index is 12.5. The Hall–Kier alpha value is -3.41. The van der Waals surface area contributed by atoms with E-state index in [0.29, 0.717) is 28.2 Å². The highest BCUT2D eigenvalue weighted by Gasteiger charge is 2.17. The van der Waals surface area contributed by atoms with Gasteiger partial charge in [0.15, 0.2) is 5.58 Å². The number of oxazole rings is 1. The fourth-order valence-electron chi connectivity index (χ4n) is 3.21. The topological polar surface area (TPSA) is 70.2 Å². The molecule has 2 heterocycles. The van der Waals surface area contributed by atoms with Crippen LogP contribution in [-0.2, 0) is 11.8 Å². The predicted molar refractivity (Wildman–Crippen MR) is 106 cm³/mol. The molecule has 0 amide bonds. The van der Waals surface area contributed by atoms with Crippen LogP contribution >= 0.6 is 0 Å². The van der Waals surface area contributed by atoms with Crippen molar-refractivity contribution in [2.45, 2.75) is 26.9 Å². The van der Waals surface area contributed by atoms with Crippen LogP contribution < -0.4 is 0 Å². The van der Waals surface area contributed by atoms with E-state index in [2.05, 4.69) is 16.1 Å². The minimum Gasteiger partial charge on any atom is -0.452 e. The molecule has 0 fully saturated rings. The Kier molecular flexibility index (Phi) is 4.47. The molecule has 1 atom stereocenters. The van der Waals surface area contributed by atoms with Crippen molar-refractivity contribution < 1.29 is 13.9 Å². The van der Waals surface area contributed by atoms with Crippen LogP contribution in [0.15, 0.2) is 53.1 Å². The van der Waals surface area contributed by atoms with E-state index in [1.807, 2.05) is 45.3 Å². The van der Waals surface area contributed by atoms with Crippen molar-refractivity contribution in [2.75, 3.05) is 0 Å². The van der Waals surface area contributed by atoms with Gasteiger partial charge in [0.05, 0.1) is 5.56 Å². The van der Waals surface area contributed by atoms with Crippen LogP contribution in [0.4, 0.5) is 0 Å². The number of hydrogen-bond donors (Lipinski definition) is 0. The largest absolute Gasteiger partial charge is 0.452 e. The highest BCUT2D eigenvalue weighted by Crippen LogP contribution is 2.27. The summed E-state index contributed by atoms with van der Waals surface area (Å²) in [7, 11) is 1.82. The first kappa shape index (κ1) is 18.0. The number of carbonyl (C=O) groups is 1. The quantitative estimate of drug-likeness (QED) is 0.481. The van der Waals surface area contributed by atoms with Gasteiger partial charge >= 0.3 is 5.97 Å². The number of rotatable bonds is 4. The summed E-state index contributed by atoms with van der Waals surface area (Å²) in [5, 5.41) is 4.27. The van der Waals surface area contributed by atoms with Crippen molar-refractivity contribution in [3.8, 4) is 11.5 Å². The lowest BCUT2D eigenvalue weighted by molar-refractivity contribution is 0.0328. The summed E-state index contributed by atoms with van der Waals surface area (Å²) >= 11 is 0. The lowest BCUT2D eigenvalue weighted by Gasteiger charge is -2.10. The number of ether oxygens (including phenoxy) is 1. The maximum absolute atomic E-state index is 12.5. The molecule has 0 N–H and O–H groups in total. The normalized spacial score (nSPS) is 12.3. The first-order valence-electron chi connectivity index (χ1n) is 9.09. The first-order chi connectivity index (χ1) is 13.4. The molecule has 0 bridgehead atoms. The van der Waals surface area contributed by atoms with Gasteiger partial charge in [-0.15, -0.1) is 0 Å². The number of aryl methyl sites for hydroxylation is 3. The minimum absolute atomic E-state index is 0.415. The molecule has 0 saturated heterocycles. The average molecular weight is 375 g/mol. The van der Waals surface area contributed by atoms with Crippen molar-refractivity contribution in [2.24, 2.45) is 7.05 Å². The molecule has 6 nitrogen and oxygen atoms in total. The molecule has 2 aromatic heterocycles. The van der Waals surface area contributed by atoms with Gasteiger partial charge in [-0.2, -0.15) is 5.10 Å². The van der Waals surface area contributed by atoms with E-state index in [9.17, 15) is 4.79 Å². The van der Waals surface area contributed by atoms with Crippen molar-refractivity contribution in [3.05, 3.63) is 71.0 Å². The predicted octanol–water partition coefficient (Wildman–Crippen LogP) is 4.76. The van der Waals surface area contributed by atoms with Gasteiger partial charge in [0.25, 0.3) is 0 Å². The molecule has 4 aromatic rings. The van der Waals surface area contributed by atoms with Gasteiger partial charge in [0.2, 0.25) is 5.89 Å². The molecule has 0 aliphatic heterocycles. The van der Waals surface area contributed by atoms with E-state index in [1.165, 1.54) is 0 Å².